The molecule has 3 unspecified atom stereocenters. The van der Waals surface area contributed by atoms with Gasteiger partial charge in [0.1, 0.15) is 5.82 Å². The van der Waals surface area contributed by atoms with Crippen LogP contribution in [-0.2, 0) is 6.42 Å². The standard InChI is InChI=1S/C19H30FN/c1-14(2)12-21-13-17-8-7-15(3)9-18(17)10-16-5-4-6-19(20)11-16/h4-6,11,14-15,17-18,21H,7-10,12-13H2,1-3H3. The Morgan fingerprint density at radius 1 is 1.24 bits per heavy atom. The maximum Gasteiger partial charge on any atom is 0.123 e. The minimum Gasteiger partial charge on any atom is -0.316 e. The van der Waals surface area contributed by atoms with E-state index in [1.807, 2.05) is 6.07 Å². The van der Waals surface area contributed by atoms with Crippen LogP contribution in [0.4, 0.5) is 4.39 Å². The van der Waals surface area contributed by atoms with Crippen molar-refractivity contribution in [3.63, 3.8) is 0 Å². The number of rotatable bonds is 6. The van der Waals surface area contributed by atoms with E-state index >= 15 is 0 Å². The minimum absolute atomic E-state index is 0.106. The molecule has 1 aromatic carbocycles. The first kappa shape index (κ1) is 16.5. The van der Waals surface area contributed by atoms with Crippen LogP contribution in [0.15, 0.2) is 24.3 Å². The van der Waals surface area contributed by atoms with E-state index in [1.165, 1.54) is 25.3 Å². The largest absolute Gasteiger partial charge is 0.316 e. The molecule has 118 valence electrons. The van der Waals surface area contributed by atoms with Crippen LogP contribution in [0, 0.1) is 29.5 Å². The molecule has 0 amide bonds. The van der Waals surface area contributed by atoms with Gasteiger partial charge in [0.2, 0.25) is 0 Å². The molecule has 2 heteroatoms. The van der Waals surface area contributed by atoms with Gasteiger partial charge < -0.3 is 5.32 Å². The van der Waals surface area contributed by atoms with Crippen LogP contribution < -0.4 is 5.32 Å². The first-order valence-corrected chi connectivity index (χ1v) is 8.49. The van der Waals surface area contributed by atoms with Crippen molar-refractivity contribution in [2.24, 2.45) is 23.7 Å². The van der Waals surface area contributed by atoms with Gasteiger partial charge in [-0.1, -0.05) is 39.3 Å². The van der Waals surface area contributed by atoms with E-state index in [2.05, 4.69) is 32.2 Å². The van der Waals surface area contributed by atoms with Crippen molar-refractivity contribution in [3.8, 4) is 0 Å². The Morgan fingerprint density at radius 2 is 2.05 bits per heavy atom. The maximum atomic E-state index is 13.4. The van der Waals surface area contributed by atoms with Crippen molar-refractivity contribution in [2.45, 2.75) is 46.5 Å². The highest BCUT2D eigenvalue weighted by Crippen LogP contribution is 2.35. The topological polar surface area (TPSA) is 12.0 Å². The Bertz CT molecular complexity index is 429. The Kier molecular flexibility index (Phi) is 6.22. The SMILES string of the molecule is CC(C)CNCC1CCC(C)CC1Cc1cccc(F)c1. The normalized spacial score (nSPS) is 26.2. The lowest BCUT2D eigenvalue weighted by molar-refractivity contribution is 0.182. The molecule has 1 fully saturated rings. The van der Waals surface area contributed by atoms with Gasteiger partial charge in [0, 0.05) is 0 Å². The summed E-state index contributed by atoms with van der Waals surface area (Å²) in [6.07, 6.45) is 4.96. The predicted molar refractivity (Wildman–Crippen MR) is 87.8 cm³/mol. The third-order valence-electron chi connectivity index (χ3n) is 4.75. The van der Waals surface area contributed by atoms with E-state index in [-0.39, 0.29) is 5.82 Å². The van der Waals surface area contributed by atoms with Crippen LogP contribution >= 0.6 is 0 Å². The molecule has 1 nitrogen and oxygen atoms in total. The Balaban J connectivity index is 1.94. The summed E-state index contributed by atoms with van der Waals surface area (Å²) >= 11 is 0. The summed E-state index contributed by atoms with van der Waals surface area (Å²) in [5, 5.41) is 3.62. The maximum absolute atomic E-state index is 13.4. The molecule has 3 atom stereocenters. The van der Waals surface area contributed by atoms with E-state index in [4.69, 9.17) is 0 Å². The summed E-state index contributed by atoms with van der Waals surface area (Å²) in [6, 6.07) is 7.15. The van der Waals surface area contributed by atoms with Crippen molar-refractivity contribution in [1.82, 2.24) is 5.32 Å². The fourth-order valence-corrected chi connectivity index (χ4v) is 3.60. The van der Waals surface area contributed by atoms with Gasteiger partial charge in [0.15, 0.2) is 0 Å². The van der Waals surface area contributed by atoms with Crippen LogP contribution in [0.25, 0.3) is 0 Å². The highest BCUT2D eigenvalue weighted by Gasteiger charge is 2.28. The number of hydrogen-bond acceptors (Lipinski definition) is 1. The van der Waals surface area contributed by atoms with Gasteiger partial charge in [-0.15, -0.1) is 0 Å². The molecule has 1 aliphatic rings. The van der Waals surface area contributed by atoms with Crippen molar-refractivity contribution in [1.29, 1.82) is 0 Å². The monoisotopic (exact) mass is 291 g/mol. The molecule has 1 saturated carbocycles. The number of halogens is 1. The molecule has 1 N–H and O–H groups in total. The Hall–Kier alpha value is -0.890. The lowest BCUT2D eigenvalue weighted by Crippen LogP contribution is -2.35. The molecule has 1 aromatic rings. The van der Waals surface area contributed by atoms with Crippen LogP contribution in [0.5, 0.6) is 0 Å². The molecule has 0 spiro atoms. The van der Waals surface area contributed by atoms with E-state index in [0.29, 0.717) is 11.8 Å². The molecule has 1 aliphatic carbocycles. The number of hydrogen-bond donors (Lipinski definition) is 1. The molecule has 0 heterocycles. The fraction of sp³-hybridized carbons (Fsp3) is 0.684. The molecule has 0 radical (unpaired) electrons. The second kappa shape index (κ2) is 7.93. The van der Waals surface area contributed by atoms with Gasteiger partial charge in [0.05, 0.1) is 0 Å². The molecule has 0 saturated heterocycles. The molecule has 0 bridgehead atoms. The Morgan fingerprint density at radius 3 is 2.76 bits per heavy atom. The summed E-state index contributed by atoms with van der Waals surface area (Å²) in [5.74, 6) is 2.84. The van der Waals surface area contributed by atoms with E-state index in [1.54, 1.807) is 6.07 Å². The van der Waals surface area contributed by atoms with Gasteiger partial charge in [-0.05, 0) is 73.7 Å². The lowest BCUT2D eigenvalue weighted by atomic mass is 9.72. The third kappa shape index (κ3) is 5.43. The summed E-state index contributed by atoms with van der Waals surface area (Å²) in [5.41, 5.74) is 1.16. The molecule has 2 rings (SSSR count). The average Bonchev–Trinajstić information content (AvgIpc) is 2.41. The third-order valence-corrected chi connectivity index (χ3v) is 4.75. The van der Waals surface area contributed by atoms with Gasteiger partial charge in [0.25, 0.3) is 0 Å². The Labute approximate surface area is 129 Å². The van der Waals surface area contributed by atoms with Crippen LogP contribution in [-0.4, -0.2) is 13.1 Å². The van der Waals surface area contributed by atoms with Crippen molar-refractivity contribution in [2.75, 3.05) is 13.1 Å². The van der Waals surface area contributed by atoms with Crippen molar-refractivity contribution >= 4 is 0 Å². The smallest absolute Gasteiger partial charge is 0.123 e. The second-order valence-corrected chi connectivity index (χ2v) is 7.32. The zero-order chi connectivity index (χ0) is 15.2. The fourth-order valence-electron chi connectivity index (χ4n) is 3.60. The molecule has 21 heavy (non-hydrogen) atoms. The van der Waals surface area contributed by atoms with Crippen LogP contribution in [0.2, 0.25) is 0 Å². The molecular formula is C19H30FN. The lowest BCUT2D eigenvalue weighted by Gasteiger charge is -2.35. The van der Waals surface area contributed by atoms with Crippen LogP contribution in [0.1, 0.15) is 45.6 Å². The average molecular weight is 291 g/mol. The molecular weight excluding hydrogens is 261 g/mol. The summed E-state index contributed by atoms with van der Waals surface area (Å²) in [7, 11) is 0. The zero-order valence-electron chi connectivity index (χ0n) is 13.7. The van der Waals surface area contributed by atoms with Crippen LogP contribution in [0.3, 0.4) is 0 Å². The number of benzene rings is 1. The van der Waals surface area contributed by atoms with E-state index in [0.717, 1.165) is 36.9 Å². The van der Waals surface area contributed by atoms with E-state index < -0.39 is 0 Å². The van der Waals surface area contributed by atoms with E-state index in [9.17, 15) is 4.39 Å². The van der Waals surface area contributed by atoms with Gasteiger partial charge in [-0.25, -0.2) is 4.39 Å². The quantitative estimate of drug-likeness (QED) is 0.803. The zero-order valence-corrected chi connectivity index (χ0v) is 13.7. The predicted octanol–water partition coefficient (Wildman–Crippen LogP) is 4.67. The first-order chi connectivity index (χ1) is 10.0. The van der Waals surface area contributed by atoms with Gasteiger partial charge in [-0.2, -0.15) is 0 Å². The highest BCUT2D eigenvalue weighted by atomic mass is 19.1. The summed E-state index contributed by atoms with van der Waals surface area (Å²) in [6.45, 7) is 9.07. The molecule has 0 aliphatic heterocycles. The number of nitrogens with one attached hydrogen (secondary N) is 1. The molecule has 0 aromatic heterocycles. The van der Waals surface area contributed by atoms with Gasteiger partial charge >= 0.3 is 0 Å². The highest BCUT2D eigenvalue weighted by molar-refractivity contribution is 5.17. The second-order valence-electron chi connectivity index (χ2n) is 7.32. The van der Waals surface area contributed by atoms with Gasteiger partial charge in [-0.3, -0.25) is 0 Å². The summed E-state index contributed by atoms with van der Waals surface area (Å²) in [4.78, 5) is 0. The van der Waals surface area contributed by atoms with Crippen molar-refractivity contribution in [3.05, 3.63) is 35.6 Å². The van der Waals surface area contributed by atoms with Crippen molar-refractivity contribution < 1.29 is 4.39 Å². The first-order valence-electron chi connectivity index (χ1n) is 8.49. The summed E-state index contributed by atoms with van der Waals surface area (Å²) < 4.78 is 13.4. The minimum atomic E-state index is -0.106.